The van der Waals surface area contributed by atoms with Gasteiger partial charge in [-0.3, -0.25) is 0 Å². The van der Waals surface area contributed by atoms with E-state index in [1.807, 2.05) is 25.2 Å². The Morgan fingerprint density at radius 2 is 2.29 bits per heavy atom. The summed E-state index contributed by atoms with van der Waals surface area (Å²) >= 11 is 5.37. The highest BCUT2D eigenvalue weighted by Crippen LogP contribution is 2.33. The van der Waals surface area contributed by atoms with Gasteiger partial charge in [-0.05, 0) is 38.0 Å². The third kappa shape index (κ3) is 2.78. The molecular formula is C16H19N3OS. The molecule has 2 heterocycles. The fraction of sp³-hybridized carbons (Fsp3) is 0.375. The standard InChI is InChI=1S/C16H19N3OS/c1-11-5-3-6-12(9-11)15-10-13(18-20-15)14-7-4-8-19(14)16(21)17-2/h3,5-6,9-10,14H,4,7-8H2,1-2H3,(H,17,21)/t14-/m1/s1. The van der Waals surface area contributed by atoms with Crippen LogP contribution in [0, 0.1) is 6.92 Å². The number of nitrogens with zero attached hydrogens (tertiary/aromatic N) is 2. The molecule has 0 aliphatic carbocycles. The summed E-state index contributed by atoms with van der Waals surface area (Å²) < 4.78 is 5.54. The van der Waals surface area contributed by atoms with Gasteiger partial charge in [0, 0.05) is 25.2 Å². The quantitative estimate of drug-likeness (QED) is 0.862. The second kappa shape index (κ2) is 5.85. The Kier molecular flexibility index (Phi) is 3.92. The van der Waals surface area contributed by atoms with Gasteiger partial charge in [-0.25, -0.2) is 0 Å². The van der Waals surface area contributed by atoms with Crippen LogP contribution in [0.15, 0.2) is 34.9 Å². The average Bonchev–Trinajstić information content (AvgIpc) is 3.15. The summed E-state index contributed by atoms with van der Waals surface area (Å²) in [6.45, 7) is 3.04. The zero-order chi connectivity index (χ0) is 14.8. The summed E-state index contributed by atoms with van der Waals surface area (Å²) in [6, 6.07) is 10.5. The van der Waals surface area contributed by atoms with Crippen LogP contribution in [0.4, 0.5) is 0 Å². The van der Waals surface area contributed by atoms with Crippen LogP contribution >= 0.6 is 12.2 Å². The predicted octanol–water partition coefficient (Wildman–Crippen LogP) is 3.29. The maximum absolute atomic E-state index is 5.54. The van der Waals surface area contributed by atoms with E-state index in [1.165, 1.54) is 5.56 Å². The van der Waals surface area contributed by atoms with E-state index in [1.54, 1.807) is 0 Å². The molecule has 2 aromatic rings. The van der Waals surface area contributed by atoms with Gasteiger partial charge in [0.1, 0.15) is 5.69 Å². The molecule has 0 amide bonds. The van der Waals surface area contributed by atoms with Crippen LogP contribution in [0.5, 0.6) is 0 Å². The van der Waals surface area contributed by atoms with Crippen molar-refractivity contribution in [2.75, 3.05) is 13.6 Å². The summed E-state index contributed by atoms with van der Waals surface area (Å²) in [4.78, 5) is 2.19. The molecule has 1 aromatic heterocycles. The van der Waals surface area contributed by atoms with Crippen molar-refractivity contribution in [2.24, 2.45) is 0 Å². The molecular weight excluding hydrogens is 282 g/mol. The number of hydrogen-bond donors (Lipinski definition) is 1. The second-order valence-corrected chi connectivity index (χ2v) is 5.78. The summed E-state index contributed by atoms with van der Waals surface area (Å²) in [6.07, 6.45) is 2.18. The van der Waals surface area contributed by atoms with Crippen molar-refractivity contribution in [2.45, 2.75) is 25.8 Å². The molecule has 0 radical (unpaired) electrons. The number of aromatic nitrogens is 1. The van der Waals surface area contributed by atoms with E-state index in [-0.39, 0.29) is 6.04 Å². The number of likely N-dealkylation sites (tertiary alicyclic amines) is 1. The molecule has 1 aliphatic rings. The summed E-state index contributed by atoms with van der Waals surface area (Å²) in [5.41, 5.74) is 3.24. The van der Waals surface area contributed by atoms with Gasteiger partial charge in [-0.2, -0.15) is 0 Å². The van der Waals surface area contributed by atoms with Gasteiger partial charge in [-0.15, -0.1) is 0 Å². The van der Waals surface area contributed by atoms with E-state index < -0.39 is 0 Å². The molecule has 1 saturated heterocycles. The van der Waals surface area contributed by atoms with Gasteiger partial charge < -0.3 is 14.7 Å². The second-order valence-electron chi connectivity index (χ2n) is 5.39. The minimum atomic E-state index is 0.215. The molecule has 4 nitrogen and oxygen atoms in total. The molecule has 5 heteroatoms. The highest BCUT2D eigenvalue weighted by atomic mass is 32.1. The number of thiocarbonyl (C=S) groups is 1. The molecule has 0 saturated carbocycles. The van der Waals surface area contributed by atoms with Crippen molar-refractivity contribution in [3.8, 4) is 11.3 Å². The normalized spacial score (nSPS) is 18.0. The lowest BCUT2D eigenvalue weighted by Crippen LogP contribution is -2.37. The number of hydrogen-bond acceptors (Lipinski definition) is 3. The van der Waals surface area contributed by atoms with Crippen LogP contribution in [-0.4, -0.2) is 28.8 Å². The van der Waals surface area contributed by atoms with E-state index >= 15 is 0 Å². The zero-order valence-corrected chi connectivity index (χ0v) is 13.1. The van der Waals surface area contributed by atoms with Crippen LogP contribution in [0.1, 0.15) is 30.1 Å². The molecule has 1 atom stereocenters. The van der Waals surface area contributed by atoms with Gasteiger partial charge in [0.05, 0.1) is 6.04 Å². The Morgan fingerprint density at radius 3 is 3.05 bits per heavy atom. The average molecular weight is 301 g/mol. The summed E-state index contributed by atoms with van der Waals surface area (Å²) in [7, 11) is 1.86. The van der Waals surface area contributed by atoms with E-state index in [0.717, 1.165) is 41.5 Å². The first-order valence-electron chi connectivity index (χ1n) is 7.21. The van der Waals surface area contributed by atoms with Gasteiger partial charge in [0.15, 0.2) is 10.9 Å². The molecule has 3 rings (SSSR count). The first-order chi connectivity index (χ1) is 10.2. The van der Waals surface area contributed by atoms with Crippen LogP contribution < -0.4 is 5.32 Å². The lowest BCUT2D eigenvalue weighted by molar-refractivity contribution is 0.356. The molecule has 1 aromatic carbocycles. The van der Waals surface area contributed by atoms with Crippen molar-refractivity contribution in [1.82, 2.24) is 15.4 Å². The molecule has 110 valence electrons. The van der Waals surface area contributed by atoms with Gasteiger partial charge in [0.2, 0.25) is 0 Å². The zero-order valence-electron chi connectivity index (χ0n) is 12.3. The molecule has 21 heavy (non-hydrogen) atoms. The summed E-state index contributed by atoms with van der Waals surface area (Å²) in [5, 5.41) is 8.09. The fourth-order valence-corrected chi connectivity index (χ4v) is 3.06. The number of aryl methyl sites for hydroxylation is 1. The number of benzene rings is 1. The van der Waals surface area contributed by atoms with Crippen molar-refractivity contribution in [3.63, 3.8) is 0 Å². The Balaban J connectivity index is 1.86. The fourth-order valence-electron chi connectivity index (χ4n) is 2.84. The van der Waals surface area contributed by atoms with Crippen molar-refractivity contribution < 1.29 is 4.52 Å². The van der Waals surface area contributed by atoms with Crippen LogP contribution in [0.2, 0.25) is 0 Å². The molecule has 0 bridgehead atoms. The lowest BCUT2D eigenvalue weighted by Gasteiger charge is -2.24. The van der Waals surface area contributed by atoms with E-state index in [4.69, 9.17) is 16.7 Å². The maximum atomic E-state index is 5.54. The first-order valence-corrected chi connectivity index (χ1v) is 7.62. The van der Waals surface area contributed by atoms with E-state index in [0.29, 0.717) is 0 Å². The molecule has 0 spiro atoms. The minimum Gasteiger partial charge on any atom is -0.366 e. The Hall–Kier alpha value is -1.88. The van der Waals surface area contributed by atoms with Crippen LogP contribution in [-0.2, 0) is 0 Å². The monoisotopic (exact) mass is 301 g/mol. The number of nitrogens with one attached hydrogen (secondary N) is 1. The smallest absolute Gasteiger partial charge is 0.169 e. The third-order valence-electron chi connectivity index (χ3n) is 3.90. The van der Waals surface area contributed by atoms with E-state index in [2.05, 4.69) is 34.4 Å². The van der Waals surface area contributed by atoms with Gasteiger partial charge in [-0.1, -0.05) is 28.9 Å². The van der Waals surface area contributed by atoms with Crippen molar-refractivity contribution in [1.29, 1.82) is 0 Å². The minimum absolute atomic E-state index is 0.215. The topological polar surface area (TPSA) is 41.3 Å². The van der Waals surface area contributed by atoms with E-state index in [9.17, 15) is 0 Å². The molecule has 1 fully saturated rings. The third-order valence-corrected chi connectivity index (χ3v) is 4.34. The SMILES string of the molecule is CNC(=S)N1CCC[C@@H]1c1cc(-c2cccc(C)c2)on1. The van der Waals surface area contributed by atoms with Crippen molar-refractivity contribution in [3.05, 3.63) is 41.6 Å². The Bertz CT molecular complexity index is 652. The van der Waals surface area contributed by atoms with Crippen LogP contribution in [0.25, 0.3) is 11.3 Å². The van der Waals surface area contributed by atoms with Gasteiger partial charge >= 0.3 is 0 Å². The number of rotatable bonds is 2. The molecule has 1 aliphatic heterocycles. The van der Waals surface area contributed by atoms with Crippen molar-refractivity contribution >= 4 is 17.3 Å². The highest BCUT2D eigenvalue weighted by Gasteiger charge is 2.30. The Labute approximate surface area is 130 Å². The summed E-state index contributed by atoms with van der Waals surface area (Å²) in [5.74, 6) is 0.816. The molecule has 0 unspecified atom stereocenters. The molecule has 1 N–H and O–H groups in total. The lowest BCUT2D eigenvalue weighted by atomic mass is 10.1. The van der Waals surface area contributed by atoms with Crippen LogP contribution in [0.3, 0.4) is 0 Å². The predicted molar refractivity (Wildman–Crippen MR) is 87.0 cm³/mol. The first kappa shape index (κ1) is 14.1. The maximum Gasteiger partial charge on any atom is 0.169 e. The van der Waals surface area contributed by atoms with Gasteiger partial charge in [0.25, 0.3) is 0 Å². The highest BCUT2D eigenvalue weighted by molar-refractivity contribution is 7.80. The Morgan fingerprint density at radius 1 is 1.43 bits per heavy atom. The largest absolute Gasteiger partial charge is 0.366 e.